The van der Waals surface area contributed by atoms with E-state index in [-0.39, 0.29) is 5.96 Å². The molecule has 0 radical (unpaired) electrons. The summed E-state index contributed by atoms with van der Waals surface area (Å²) >= 11 is 0. The average molecular weight is 317 g/mol. The monoisotopic (exact) mass is 317 g/mol. The molecule has 4 N–H and O–H groups in total. The number of hydrogen-bond acceptors (Lipinski definition) is 4. The number of rotatable bonds is 6. The van der Waals surface area contributed by atoms with E-state index in [9.17, 15) is 0 Å². The molecule has 6 nitrogen and oxygen atoms in total. The van der Waals surface area contributed by atoms with Crippen molar-refractivity contribution in [1.29, 1.82) is 0 Å². The minimum atomic E-state index is -0.0532. The van der Waals surface area contributed by atoms with Gasteiger partial charge in [-0.3, -0.25) is 4.90 Å². The number of guanidine groups is 1. The third-order valence-electron chi connectivity index (χ3n) is 3.88. The molecule has 1 aliphatic heterocycles. The minimum absolute atomic E-state index is 0.0532. The lowest BCUT2D eigenvalue weighted by Gasteiger charge is -2.34. The lowest BCUT2D eigenvalue weighted by Crippen LogP contribution is -2.40. The quantitative estimate of drug-likeness (QED) is 0.474. The maximum atomic E-state index is 5.82. The third kappa shape index (κ3) is 6.28. The molecular formula is C17H27N5O. The third-order valence-corrected chi connectivity index (χ3v) is 3.88. The number of likely N-dealkylation sites (tertiary alicyclic amines) is 1. The SMILES string of the molecule is CC1CC(C)CN(CCOc2ccc(C=NN=C(N)N)cc2)C1. The molecule has 1 heterocycles. The van der Waals surface area contributed by atoms with Crippen molar-refractivity contribution in [3.8, 4) is 5.75 Å². The highest BCUT2D eigenvalue weighted by atomic mass is 16.5. The van der Waals surface area contributed by atoms with Gasteiger partial charge in [-0.15, -0.1) is 5.10 Å². The fraction of sp³-hybridized carbons (Fsp3) is 0.529. The van der Waals surface area contributed by atoms with E-state index in [2.05, 4.69) is 29.0 Å². The van der Waals surface area contributed by atoms with Gasteiger partial charge in [0.2, 0.25) is 5.96 Å². The molecule has 0 aromatic heterocycles. The fourth-order valence-electron chi connectivity index (χ4n) is 3.08. The van der Waals surface area contributed by atoms with Crippen LogP contribution < -0.4 is 16.2 Å². The second-order valence-electron chi connectivity index (χ2n) is 6.39. The molecule has 0 amide bonds. The zero-order valence-corrected chi connectivity index (χ0v) is 14.0. The summed E-state index contributed by atoms with van der Waals surface area (Å²) in [6, 6.07) is 7.70. The zero-order chi connectivity index (χ0) is 16.7. The Morgan fingerprint density at radius 2 is 1.87 bits per heavy atom. The smallest absolute Gasteiger partial charge is 0.211 e. The Kier molecular flexibility index (Phi) is 6.40. The van der Waals surface area contributed by atoms with Gasteiger partial charge < -0.3 is 16.2 Å². The van der Waals surface area contributed by atoms with Gasteiger partial charge in [0.25, 0.3) is 0 Å². The maximum Gasteiger partial charge on any atom is 0.211 e. The van der Waals surface area contributed by atoms with E-state index < -0.39 is 0 Å². The van der Waals surface area contributed by atoms with E-state index in [1.165, 1.54) is 19.5 Å². The van der Waals surface area contributed by atoms with Gasteiger partial charge in [-0.05, 0) is 48.1 Å². The van der Waals surface area contributed by atoms with Crippen molar-refractivity contribution in [1.82, 2.24) is 4.90 Å². The Morgan fingerprint density at radius 3 is 2.48 bits per heavy atom. The summed E-state index contributed by atoms with van der Waals surface area (Å²) in [5.41, 5.74) is 11.3. The highest BCUT2D eigenvalue weighted by molar-refractivity contribution is 5.81. The van der Waals surface area contributed by atoms with Gasteiger partial charge in [-0.25, -0.2) is 0 Å². The van der Waals surface area contributed by atoms with Crippen LogP contribution >= 0.6 is 0 Å². The van der Waals surface area contributed by atoms with Gasteiger partial charge in [0.15, 0.2) is 0 Å². The molecule has 0 saturated carbocycles. The summed E-state index contributed by atoms with van der Waals surface area (Å²) in [5.74, 6) is 2.37. The first-order chi connectivity index (χ1) is 11.0. The molecule has 126 valence electrons. The van der Waals surface area contributed by atoms with E-state index in [1.54, 1.807) is 6.21 Å². The normalized spacial score (nSPS) is 22.2. The summed E-state index contributed by atoms with van der Waals surface area (Å²) in [4.78, 5) is 2.50. The predicted molar refractivity (Wildman–Crippen MR) is 94.7 cm³/mol. The van der Waals surface area contributed by atoms with Gasteiger partial charge in [-0.2, -0.15) is 5.10 Å². The van der Waals surface area contributed by atoms with Crippen LogP contribution in [0.15, 0.2) is 34.5 Å². The molecule has 2 atom stereocenters. The zero-order valence-electron chi connectivity index (χ0n) is 14.0. The van der Waals surface area contributed by atoms with Crippen molar-refractivity contribution < 1.29 is 4.74 Å². The van der Waals surface area contributed by atoms with Crippen LogP contribution in [0.5, 0.6) is 5.75 Å². The van der Waals surface area contributed by atoms with Crippen LogP contribution in [0.4, 0.5) is 0 Å². The van der Waals surface area contributed by atoms with E-state index >= 15 is 0 Å². The van der Waals surface area contributed by atoms with Crippen LogP contribution in [0.2, 0.25) is 0 Å². The number of nitrogens with zero attached hydrogens (tertiary/aromatic N) is 3. The molecule has 0 aliphatic carbocycles. The van der Waals surface area contributed by atoms with Crippen molar-refractivity contribution in [3.63, 3.8) is 0 Å². The van der Waals surface area contributed by atoms with Crippen molar-refractivity contribution in [2.45, 2.75) is 20.3 Å². The molecule has 1 aromatic rings. The van der Waals surface area contributed by atoms with Crippen molar-refractivity contribution in [2.75, 3.05) is 26.2 Å². The molecule has 1 aliphatic rings. The molecule has 2 rings (SSSR count). The van der Waals surface area contributed by atoms with Crippen LogP contribution in [0.25, 0.3) is 0 Å². The second-order valence-corrected chi connectivity index (χ2v) is 6.39. The lowest BCUT2D eigenvalue weighted by atomic mass is 9.92. The fourth-order valence-corrected chi connectivity index (χ4v) is 3.08. The van der Waals surface area contributed by atoms with E-state index in [1.807, 2.05) is 24.3 Å². The Morgan fingerprint density at radius 1 is 1.22 bits per heavy atom. The molecule has 0 bridgehead atoms. The summed E-state index contributed by atoms with van der Waals surface area (Å²) in [5, 5.41) is 7.33. The van der Waals surface area contributed by atoms with Crippen molar-refractivity contribution in [3.05, 3.63) is 29.8 Å². The Bertz CT molecular complexity index is 526. The largest absolute Gasteiger partial charge is 0.492 e. The highest BCUT2D eigenvalue weighted by Crippen LogP contribution is 2.20. The number of benzene rings is 1. The summed E-state index contributed by atoms with van der Waals surface area (Å²) in [6.07, 6.45) is 2.93. The Balaban J connectivity index is 1.76. The van der Waals surface area contributed by atoms with Crippen molar-refractivity contribution in [2.24, 2.45) is 33.5 Å². The number of ether oxygens (including phenoxy) is 1. The van der Waals surface area contributed by atoms with Crippen LogP contribution in [0.1, 0.15) is 25.8 Å². The molecule has 1 saturated heterocycles. The van der Waals surface area contributed by atoms with E-state index in [4.69, 9.17) is 16.2 Å². The first-order valence-electron chi connectivity index (χ1n) is 8.10. The van der Waals surface area contributed by atoms with Crippen LogP contribution in [-0.2, 0) is 0 Å². The lowest BCUT2D eigenvalue weighted by molar-refractivity contribution is 0.120. The van der Waals surface area contributed by atoms with E-state index in [0.717, 1.165) is 29.7 Å². The predicted octanol–water partition coefficient (Wildman–Crippen LogP) is 1.65. The number of piperidine rings is 1. The molecule has 1 fully saturated rings. The van der Waals surface area contributed by atoms with Gasteiger partial charge in [0.05, 0.1) is 6.21 Å². The van der Waals surface area contributed by atoms with Crippen molar-refractivity contribution >= 4 is 12.2 Å². The van der Waals surface area contributed by atoms with Crippen LogP contribution in [-0.4, -0.2) is 43.3 Å². The Labute approximate surface area is 138 Å². The molecule has 6 heteroatoms. The molecule has 23 heavy (non-hydrogen) atoms. The maximum absolute atomic E-state index is 5.82. The van der Waals surface area contributed by atoms with Crippen LogP contribution in [0.3, 0.4) is 0 Å². The summed E-state index contributed by atoms with van der Waals surface area (Å²) in [7, 11) is 0. The summed E-state index contributed by atoms with van der Waals surface area (Å²) < 4.78 is 5.82. The molecule has 2 unspecified atom stereocenters. The summed E-state index contributed by atoms with van der Waals surface area (Å²) in [6.45, 7) is 8.68. The molecular weight excluding hydrogens is 290 g/mol. The highest BCUT2D eigenvalue weighted by Gasteiger charge is 2.21. The number of nitrogens with two attached hydrogens (primary N) is 2. The van der Waals surface area contributed by atoms with Gasteiger partial charge in [0.1, 0.15) is 12.4 Å². The average Bonchev–Trinajstić information content (AvgIpc) is 2.47. The second kappa shape index (κ2) is 8.53. The molecule has 0 spiro atoms. The van der Waals surface area contributed by atoms with Crippen LogP contribution in [0, 0.1) is 11.8 Å². The van der Waals surface area contributed by atoms with Gasteiger partial charge in [0, 0.05) is 19.6 Å². The van der Waals surface area contributed by atoms with Gasteiger partial charge >= 0.3 is 0 Å². The topological polar surface area (TPSA) is 89.2 Å². The van der Waals surface area contributed by atoms with E-state index in [0.29, 0.717) is 6.61 Å². The first kappa shape index (κ1) is 17.3. The standard InChI is InChI=1S/C17H27N5O/c1-13-9-14(2)12-22(11-13)7-8-23-16-5-3-15(4-6-16)10-20-21-17(18)19/h3-6,10,13-14H,7-9,11-12H2,1-2H3,(H4,18,19,21). The first-order valence-corrected chi connectivity index (χ1v) is 8.10. The molecule has 1 aromatic carbocycles. The Hall–Kier alpha value is -2.08. The van der Waals surface area contributed by atoms with Gasteiger partial charge in [-0.1, -0.05) is 13.8 Å². The minimum Gasteiger partial charge on any atom is -0.492 e. The number of hydrogen-bond donors (Lipinski definition) is 2.